The molecule has 0 unspecified atom stereocenters. The maximum atomic E-state index is 13.8. The highest BCUT2D eigenvalue weighted by molar-refractivity contribution is 5.86. The monoisotopic (exact) mass is 559 g/mol. The number of hydrogen-bond acceptors (Lipinski definition) is 6. The number of carbonyl (C=O) groups is 3. The number of carbonyl (C=O) groups excluding carboxylic acids is 2. The van der Waals surface area contributed by atoms with Crippen LogP contribution in [0.3, 0.4) is 0 Å². The molecular weight excluding hydrogens is 522 g/mol. The minimum Gasteiger partial charge on any atom is -0.480 e. The van der Waals surface area contributed by atoms with Crippen molar-refractivity contribution in [1.29, 1.82) is 0 Å². The van der Waals surface area contributed by atoms with Crippen molar-refractivity contribution in [1.82, 2.24) is 25.3 Å². The van der Waals surface area contributed by atoms with Crippen molar-refractivity contribution in [3.63, 3.8) is 0 Å². The van der Waals surface area contributed by atoms with Gasteiger partial charge in [0.25, 0.3) is 0 Å². The number of aromatic nitrogens is 2. The van der Waals surface area contributed by atoms with Crippen LogP contribution in [-0.4, -0.2) is 63.2 Å². The van der Waals surface area contributed by atoms with Gasteiger partial charge in [0.05, 0.1) is 11.6 Å². The zero-order valence-corrected chi connectivity index (χ0v) is 23.6. The van der Waals surface area contributed by atoms with Crippen molar-refractivity contribution in [3.05, 3.63) is 77.1 Å². The average molecular weight is 560 g/mol. The molecule has 1 saturated heterocycles. The Morgan fingerprint density at radius 1 is 1.10 bits per heavy atom. The highest BCUT2D eigenvalue weighted by Gasteiger charge is 2.41. The Balaban J connectivity index is 1.38. The molecule has 10 nitrogen and oxygen atoms in total. The standard InChI is InChI=1S/C31H37N5O5/c1-21-24(19-33-35(21)2)20-36-14-11-31(12-15-36)18-23-4-3-5-26(16-23)41-25-8-6-22(7-9-25)17-27(29(38)39)34-28(37)10-13-32-30(31)40/h3-9,16,19,27H,10-15,17-18,20H2,1-2H3,(H,32,40)(H,34,37)(H,38,39)/t27-/m0/s1. The fourth-order valence-corrected chi connectivity index (χ4v) is 5.68. The SMILES string of the molecule is Cc1c(CN2CCC3(CC2)Cc2cccc(c2)Oc2ccc(cc2)C[C@@H](C(=O)O)NC(=O)CCNC3=O)cnn1C. The number of aliphatic carboxylic acids is 1. The number of hydrogen-bond donors (Lipinski definition) is 3. The van der Waals surface area contributed by atoms with E-state index in [9.17, 15) is 19.5 Å². The lowest BCUT2D eigenvalue weighted by atomic mass is 9.72. The number of carboxylic acids is 1. The summed E-state index contributed by atoms with van der Waals surface area (Å²) in [5.41, 5.74) is 3.44. The zero-order valence-electron chi connectivity index (χ0n) is 23.6. The van der Waals surface area contributed by atoms with Crippen molar-refractivity contribution in [2.75, 3.05) is 19.6 Å². The summed E-state index contributed by atoms with van der Waals surface area (Å²) in [6, 6.07) is 13.9. The predicted molar refractivity (Wildman–Crippen MR) is 152 cm³/mol. The molecule has 2 amide bonds. The Kier molecular flexibility index (Phi) is 8.39. The number of piperidine rings is 1. The molecule has 1 spiro atoms. The first-order valence-corrected chi connectivity index (χ1v) is 14.1. The van der Waals surface area contributed by atoms with Gasteiger partial charge in [0.15, 0.2) is 0 Å². The maximum Gasteiger partial charge on any atom is 0.326 e. The van der Waals surface area contributed by atoms with Gasteiger partial charge in [-0.3, -0.25) is 19.2 Å². The van der Waals surface area contributed by atoms with E-state index in [1.54, 1.807) is 24.3 Å². The van der Waals surface area contributed by atoms with Gasteiger partial charge in [-0.2, -0.15) is 5.10 Å². The molecule has 0 saturated carbocycles. The van der Waals surface area contributed by atoms with E-state index < -0.39 is 23.3 Å². The molecule has 3 aromatic rings. The third kappa shape index (κ3) is 6.77. The first-order chi connectivity index (χ1) is 19.7. The van der Waals surface area contributed by atoms with Crippen LogP contribution in [0.2, 0.25) is 0 Å². The Hall–Kier alpha value is -4.18. The molecule has 3 aliphatic rings. The van der Waals surface area contributed by atoms with Crippen LogP contribution in [0.4, 0.5) is 0 Å². The molecule has 6 rings (SSSR count). The van der Waals surface area contributed by atoms with Gasteiger partial charge >= 0.3 is 5.97 Å². The summed E-state index contributed by atoms with van der Waals surface area (Å²) in [5, 5.41) is 19.6. The molecule has 1 aromatic heterocycles. The summed E-state index contributed by atoms with van der Waals surface area (Å²) in [6.45, 7) is 4.49. The van der Waals surface area contributed by atoms with Crippen LogP contribution >= 0.6 is 0 Å². The minimum absolute atomic E-state index is 0.000270. The second-order valence-electron chi connectivity index (χ2n) is 11.2. The topological polar surface area (TPSA) is 126 Å². The zero-order chi connectivity index (χ0) is 29.0. The second-order valence-corrected chi connectivity index (χ2v) is 11.2. The van der Waals surface area contributed by atoms with Crippen molar-refractivity contribution < 1.29 is 24.2 Å². The van der Waals surface area contributed by atoms with Crippen molar-refractivity contribution in [2.24, 2.45) is 12.5 Å². The number of nitrogens with one attached hydrogen (secondary N) is 2. The number of benzene rings is 2. The number of likely N-dealkylation sites (tertiary alicyclic amines) is 1. The lowest BCUT2D eigenvalue weighted by Crippen LogP contribution is -2.50. The van der Waals surface area contributed by atoms with E-state index in [1.807, 2.05) is 42.2 Å². The molecule has 1 atom stereocenters. The smallest absolute Gasteiger partial charge is 0.326 e. The Morgan fingerprint density at radius 2 is 1.85 bits per heavy atom. The van der Waals surface area contributed by atoms with Gasteiger partial charge in [0.1, 0.15) is 17.5 Å². The third-order valence-corrected chi connectivity index (χ3v) is 8.34. The normalized spacial score (nSPS) is 20.0. The van der Waals surface area contributed by atoms with E-state index in [-0.39, 0.29) is 25.3 Å². The lowest BCUT2D eigenvalue weighted by Gasteiger charge is -2.41. The van der Waals surface area contributed by atoms with Crippen LogP contribution < -0.4 is 15.4 Å². The van der Waals surface area contributed by atoms with Gasteiger partial charge < -0.3 is 20.5 Å². The molecule has 3 N–H and O–H groups in total. The molecule has 1 fully saturated rings. The van der Waals surface area contributed by atoms with Crippen LogP contribution in [0, 0.1) is 12.3 Å². The van der Waals surface area contributed by atoms with E-state index in [0.717, 1.165) is 36.5 Å². The van der Waals surface area contributed by atoms with Crippen molar-refractivity contribution in [2.45, 2.75) is 51.6 Å². The molecular formula is C31H37N5O5. The summed E-state index contributed by atoms with van der Waals surface area (Å²) in [6.07, 6.45) is 3.92. The first-order valence-electron chi connectivity index (χ1n) is 14.1. The summed E-state index contributed by atoms with van der Waals surface area (Å²) in [5.74, 6) is -0.315. The minimum atomic E-state index is -1.11. The predicted octanol–water partition coefficient (Wildman–Crippen LogP) is 2.98. The summed E-state index contributed by atoms with van der Waals surface area (Å²) in [4.78, 5) is 40.6. The third-order valence-electron chi connectivity index (χ3n) is 8.34. The largest absolute Gasteiger partial charge is 0.480 e. The molecule has 10 heteroatoms. The fraction of sp³-hybridized carbons (Fsp3) is 0.419. The van der Waals surface area contributed by atoms with E-state index in [1.165, 1.54) is 5.56 Å². The molecule has 0 aliphatic carbocycles. The van der Waals surface area contributed by atoms with Crippen LogP contribution in [0.25, 0.3) is 0 Å². The molecule has 4 heterocycles. The van der Waals surface area contributed by atoms with Crippen LogP contribution in [-0.2, 0) is 40.8 Å². The highest BCUT2D eigenvalue weighted by atomic mass is 16.5. The Labute approximate surface area is 239 Å². The van der Waals surface area contributed by atoms with Gasteiger partial charge in [0.2, 0.25) is 11.8 Å². The van der Waals surface area contributed by atoms with Gasteiger partial charge in [-0.05, 0) is 74.7 Å². The van der Waals surface area contributed by atoms with Gasteiger partial charge in [-0.15, -0.1) is 0 Å². The molecule has 0 radical (unpaired) electrons. The van der Waals surface area contributed by atoms with E-state index >= 15 is 0 Å². The first kappa shape index (κ1) is 28.4. The second kappa shape index (κ2) is 12.1. The van der Waals surface area contributed by atoms with Gasteiger partial charge in [0, 0.05) is 44.2 Å². The van der Waals surface area contributed by atoms with E-state index in [0.29, 0.717) is 30.8 Å². The fourth-order valence-electron chi connectivity index (χ4n) is 5.68. The summed E-state index contributed by atoms with van der Waals surface area (Å²) in [7, 11) is 1.94. The highest BCUT2D eigenvalue weighted by Crippen LogP contribution is 2.37. The van der Waals surface area contributed by atoms with Crippen molar-refractivity contribution in [3.8, 4) is 11.5 Å². The number of aryl methyl sites for hydroxylation is 1. The van der Waals surface area contributed by atoms with Crippen LogP contribution in [0.1, 0.15) is 41.6 Å². The average Bonchev–Trinajstić information content (AvgIpc) is 3.26. The van der Waals surface area contributed by atoms with Crippen LogP contribution in [0.5, 0.6) is 11.5 Å². The van der Waals surface area contributed by atoms with Crippen LogP contribution in [0.15, 0.2) is 54.7 Å². The lowest BCUT2D eigenvalue weighted by molar-refractivity contribution is -0.142. The summed E-state index contributed by atoms with van der Waals surface area (Å²) >= 11 is 0. The molecule has 3 aliphatic heterocycles. The van der Waals surface area contributed by atoms with Gasteiger partial charge in [-0.1, -0.05) is 24.3 Å². The van der Waals surface area contributed by atoms with Gasteiger partial charge in [-0.25, -0.2) is 4.79 Å². The number of amides is 2. The maximum absolute atomic E-state index is 13.8. The molecule has 216 valence electrons. The van der Waals surface area contributed by atoms with E-state index in [2.05, 4.69) is 27.6 Å². The summed E-state index contributed by atoms with van der Waals surface area (Å²) < 4.78 is 7.98. The molecule has 4 bridgehead atoms. The molecule has 41 heavy (non-hydrogen) atoms. The number of fused-ring (bicyclic) bond motifs is 9. The number of ether oxygens (including phenoxy) is 1. The Morgan fingerprint density at radius 3 is 2.54 bits per heavy atom. The quantitative estimate of drug-likeness (QED) is 0.451. The van der Waals surface area contributed by atoms with E-state index in [4.69, 9.17) is 4.74 Å². The number of rotatable bonds is 3. The van der Waals surface area contributed by atoms with Crippen molar-refractivity contribution >= 4 is 17.8 Å². The number of nitrogens with zero attached hydrogens (tertiary/aromatic N) is 3. The molecule has 2 aromatic carbocycles. The number of carboxylic acid groups (broad SMARTS) is 1. The Bertz CT molecular complexity index is 1410.